The summed E-state index contributed by atoms with van der Waals surface area (Å²) in [4.78, 5) is 11.7. The van der Waals surface area contributed by atoms with Gasteiger partial charge in [-0.25, -0.2) is 4.79 Å². The number of hydrogen-bond donors (Lipinski definition) is 0. The van der Waals surface area contributed by atoms with Crippen molar-refractivity contribution in [3.63, 3.8) is 0 Å². The zero-order chi connectivity index (χ0) is 23.5. The van der Waals surface area contributed by atoms with Crippen LogP contribution in [0.4, 0.5) is 0 Å². The molecule has 0 radical (unpaired) electrons. The fraction of sp³-hybridized carbons (Fsp3) is 0.393. The lowest BCUT2D eigenvalue weighted by Gasteiger charge is -2.34. The molecular weight excluding hydrogens is 398 g/mol. The maximum absolute atomic E-state index is 11.7. The molecule has 0 fully saturated rings. The first-order valence-electron chi connectivity index (χ1n) is 11.2. The van der Waals surface area contributed by atoms with Gasteiger partial charge in [-0.05, 0) is 57.4 Å². The molecule has 0 N–H and O–H groups in total. The molecule has 0 atom stereocenters. The van der Waals surface area contributed by atoms with Crippen LogP contribution in [0.5, 0.6) is 5.75 Å². The van der Waals surface area contributed by atoms with Crippen LogP contribution in [-0.2, 0) is 16.1 Å². The van der Waals surface area contributed by atoms with E-state index < -0.39 is 17.2 Å². The normalized spacial score (nSPS) is 12.2. The lowest BCUT2D eigenvalue weighted by Crippen LogP contribution is -2.40. The van der Waals surface area contributed by atoms with Crippen molar-refractivity contribution in [1.29, 1.82) is 0 Å². The Balaban J connectivity index is 1.93. The lowest BCUT2D eigenvalue weighted by atomic mass is 9.92. The van der Waals surface area contributed by atoms with Gasteiger partial charge in [0.25, 0.3) is 0 Å². The summed E-state index contributed by atoms with van der Waals surface area (Å²) in [6.45, 7) is 16.7. The summed E-state index contributed by atoms with van der Waals surface area (Å²) in [6.07, 6.45) is 1.73. The quantitative estimate of drug-likeness (QED) is 0.269. The maximum atomic E-state index is 11.7. The van der Waals surface area contributed by atoms with E-state index >= 15 is 0 Å². The fourth-order valence-electron chi connectivity index (χ4n) is 4.44. The minimum absolute atomic E-state index is 0.424. The Labute approximate surface area is 191 Å². The lowest BCUT2D eigenvalue weighted by molar-refractivity contribution is -0.154. The minimum atomic E-state index is -0.669. The van der Waals surface area contributed by atoms with Gasteiger partial charge >= 0.3 is 5.97 Å². The van der Waals surface area contributed by atoms with E-state index in [9.17, 15) is 4.79 Å². The van der Waals surface area contributed by atoms with Crippen LogP contribution in [0.15, 0.2) is 67.3 Å². The summed E-state index contributed by atoms with van der Waals surface area (Å²) in [7, 11) is 0. The predicted octanol–water partition coefficient (Wildman–Crippen LogP) is 7.02. The summed E-state index contributed by atoms with van der Waals surface area (Å²) in [5.41, 5.74) is 2.37. The Bertz CT molecular complexity index is 1090. The second-order valence-corrected chi connectivity index (χ2v) is 10.0. The Kier molecular flexibility index (Phi) is 6.82. The van der Waals surface area contributed by atoms with Gasteiger partial charge in [0, 0.05) is 36.2 Å². The first-order valence-corrected chi connectivity index (χ1v) is 11.2. The van der Waals surface area contributed by atoms with Crippen molar-refractivity contribution in [1.82, 2.24) is 4.57 Å². The molecule has 4 nitrogen and oxygen atoms in total. The van der Waals surface area contributed by atoms with Crippen molar-refractivity contribution in [3.8, 4) is 17.0 Å². The van der Waals surface area contributed by atoms with Crippen LogP contribution in [0.25, 0.3) is 22.2 Å². The van der Waals surface area contributed by atoms with Crippen molar-refractivity contribution in [2.24, 2.45) is 5.92 Å². The average molecular weight is 434 g/mol. The summed E-state index contributed by atoms with van der Waals surface area (Å²) < 4.78 is 14.3. The number of benzene rings is 2. The van der Waals surface area contributed by atoms with Crippen LogP contribution >= 0.6 is 0 Å². The molecule has 0 aliphatic rings. The van der Waals surface area contributed by atoms with Crippen LogP contribution in [0, 0.1) is 5.92 Å². The number of esters is 1. The topological polar surface area (TPSA) is 40.5 Å². The number of hydrogen-bond acceptors (Lipinski definition) is 3. The third kappa shape index (κ3) is 5.82. The molecule has 1 heterocycles. The molecule has 3 aromatic rings. The van der Waals surface area contributed by atoms with Gasteiger partial charge in [-0.1, -0.05) is 50.8 Å². The van der Waals surface area contributed by atoms with Gasteiger partial charge in [0.1, 0.15) is 17.0 Å². The van der Waals surface area contributed by atoms with Gasteiger partial charge in [-0.15, -0.1) is 0 Å². The van der Waals surface area contributed by atoms with Crippen LogP contribution in [0.1, 0.15) is 48.0 Å². The maximum Gasteiger partial charge on any atom is 0.330 e. The Morgan fingerprint density at radius 2 is 1.72 bits per heavy atom. The van der Waals surface area contributed by atoms with Gasteiger partial charge < -0.3 is 14.0 Å². The van der Waals surface area contributed by atoms with Crippen molar-refractivity contribution >= 4 is 16.9 Å². The van der Waals surface area contributed by atoms with Crippen LogP contribution < -0.4 is 4.74 Å². The van der Waals surface area contributed by atoms with Gasteiger partial charge in [0.15, 0.2) is 0 Å². The number of rotatable bonds is 9. The van der Waals surface area contributed by atoms with E-state index in [4.69, 9.17) is 9.47 Å². The van der Waals surface area contributed by atoms with Crippen molar-refractivity contribution in [3.05, 3.63) is 67.3 Å². The Hall–Kier alpha value is -3.01. The highest BCUT2D eigenvalue weighted by Crippen LogP contribution is 2.34. The molecule has 2 aromatic carbocycles. The van der Waals surface area contributed by atoms with E-state index in [1.54, 1.807) is 0 Å². The molecule has 0 amide bonds. The van der Waals surface area contributed by atoms with Gasteiger partial charge in [0.05, 0.1) is 5.52 Å². The second kappa shape index (κ2) is 9.23. The monoisotopic (exact) mass is 433 g/mol. The first-order chi connectivity index (χ1) is 15.0. The van der Waals surface area contributed by atoms with E-state index in [0.717, 1.165) is 17.8 Å². The van der Waals surface area contributed by atoms with E-state index in [1.807, 2.05) is 39.8 Å². The summed E-state index contributed by atoms with van der Waals surface area (Å²) in [5, 5.41) is 1.19. The molecule has 32 heavy (non-hydrogen) atoms. The Morgan fingerprint density at radius 1 is 1.03 bits per heavy atom. The molecule has 0 saturated heterocycles. The zero-order valence-electron chi connectivity index (χ0n) is 20.1. The fourth-order valence-corrected chi connectivity index (χ4v) is 4.44. The molecule has 0 aliphatic heterocycles. The van der Waals surface area contributed by atoms with Crippen LogP contribution in [0.3, 0.4) is 0 Å². The number of carbonyl (C=O) groups excluding carboxylic acids is 1. The van der Waals surface area contributed by atoms with E-state index in [2.05, 4.69) is 67.5 Å². The Morgan fingerprint density at radius 3 is 2.34 bits per heavy atom. The van der Waals surface area contributed by atoms with E-state index in [0.29, 0.717) is 12.3 Å². The van der Waals surface area contributed by atoms with Gasteiger partial charge in [0.2, 0.25) is 0 Å². The van der Waals surface area contributed by atoms with Gasteiger partial charge in [-0.2, -0.15) is 0 Å². The molecule has 0 aliphatic carbocycles. The van der Waals surface area contributed by atoms with Crippen LogP contribution in [-0.4, -0.2) is 21.7 Å². The smallest absolute Gasteiger partial charge is 0.330 e. The molecule has 170 valence electrons. The minimum Gasteiger partial charge on any atom is -0.488 e. The number of ether oxygens (including phenoxy) is 2. The van der Waals surface area contributed by atoms with Crippen molar-refractivity contribution in [2.75, 3.05) is 0 Å². The third-order valence-corrected chi connectivity index (χ3v) is 5.28. The summed E-state index contributed by atoms with van der Waals surface area (Å²) in [5.74, 6) is 0.887. The van der Waals surface area contributed by atoms with Gasteiger partial charge in [-0.3, -0.25) is 0 Å². The summed E-state index contributed by atoms with van der Waals surface area (Å²) in [6, 6.07) is 19.0. The number of carbonyl (C=O) groups is 1. The summed E-state index contributed by atoms with van der Waals surface area (Å²) >= 11 is 0. The molecular formula is C28H35NO3. The number of aromatic nitrogens is 1. The molecule has 0 spiro atoms. The highest BCUT2D eigenvalue weighted by Gasteiger charge is 2.33. The number of nitrogens with zero attached hydrogens (tertiary/aromatic N) is 1. The van der Waals surface area contributed by atoms with Crippen molar-refractivity contribution < 1.29 is 14.3 Å². The molecule has 0 unspecified atom stereocenters. The molecule has 3 rings (SSSR count). The van der Waals surface area contributed by atoms with E-state index in [-0.39, 0.29) is 0 Å². The average Bonchev–Trinajstić information content (AvgIpc) is 3.04. The molecule has 0 bridgehead atoms. The predicted molar refractivity (Wildman–Crippen MR) is 132 cm³/mol. The SMILES string of the molecule is C=CC(=O)OC(C)(C)CC(C)(C)Oc1ccc2cc(-c3ccccc3)n(CC(C)C)c2c1. The highest BCUT2D eigenvalue weighted by molar-refractivity contribution is 5.88. The third-order valence-electron chi connectivity index (χ3n) is 5.28. The van der Waals surface area contributed by atoms with Crippen LogP contribution in [0.2, 0.25) is 0 Å². The molecule has 1 aromatic heterocycles. The molecule has 4 heteroatoms. The highest BCUT2D eigenvalue weighted by atomic mass is 16.6. The first kappa shape index (κ1) is 23.6. The second-order valence-electron chi connectivity index (χ2n) is 10.0. The van der Waals surface area contributed by atoms with Crippen molar-refractivity contribution in [2.45, 2.75) is 65.7 Å². The molecule has 0 saturated carbocycles. The number of fused-ring (bicyclic) bond motifs is 1. The largest absolute Gasteiger partial charge is 0.488 e. The van der Waals surface area contributed by atoms with E-state index in [1.165, 1.54) is 22.7 Å². The zero-order valence-corrected chi connectivity index (χ0v) is 20.1. The standard InChI is InChI=1S/C28H35NO3/c1-8-26(30)32-28(6,7)19-27(4,5)31-23-15-14-22-16-24(21-12-10-9-11-13-21)29(18-20(2)3)25(22)17-23/h8-17,20H,1,18-19H2,2-7H3.